The SMILES string of the molecule is CC(C)(C)OC(=O)N[C@H]1CCCCC/C=C\[C@@H]2C[C@@]2(C(=O)NCC(O)(C(F)(F)F)C(F)(F)F)NC(=O)[C@@H]2CCCN2C1=O. The van der Waals surface area contributed by atoms with E-state index in [2.05, 4.69) is 10.6 Å². The van der Waals surface area contributed by atoms with Crippen LogP contribution < -0.4 is 16.0 Å². The first kappa shape index (κ1) is 34.5. The highest BCUT2D eigenvalue weighted by Gasteiger charge is 2.71. The summed E-state index contributed by atoms with van der Waals surface area (Å²) >= 11 is 0. The molecule has 43 heavy (non-hydrogen) atoms. The molecule has 4 atom stereocenters. The average molecular weight is 629 g/mol. The summed E-state index contributed by atoms with van der Waals surface area (Å²) in [6, 6.07) is -2.12. The molecule has 0 bridgehead atoms. The lowest BCUT2D eigenvalue weighted by atomic mass is 10.0. The van der Waals surface area contributed by atoms with Crippen LogP contribution in [-0.2, 0) is 19.1 Å². The molecule has 2 fully saturated rings. The number of ether oxygens (including phenoxy) is 1. The highest BCUT2D eigenvalue weighted by molar-refractivity contribution is 5.98. The molecular formula is C27H38F6N4O6. The van der Waals surface area contributed by atoms with Gasteiger partial charge in [-0.1, -0.05) is 25.0 Å². The number of amides is 4. The van der Waals surface area contributed by atoms with Gasteiger partial charge in [0.2, 0.25) is 17.7 Å². The Morgan fingerprint density at radius 3 is 2.30 bits per heavy atom. The van der Waals surface area contributed by atoms with Gasteiger partial charge in [0.15, 0.2) is 0 Å². The van der Waals surface area contributed by atoms with Gasteiger partial charge >= 0.3 is 18.4 Å². The molecule has 4 N–H and O–H groups in total. The Bertz CT molecular complexity index is 1090. The summed E-state index contributed by atoms with van der Waals surface area (Å²) < 4.78 is 84.3. The van der Waals surface area contributed by atoms with E-state index in [1.165, 1.54) is 4.90 Å². The van der Waals surface area contributed by atoms with E-state index in [4.69, 9.17) is 4.74 Å². The Hall–Kier alpha value is -3.04. The number of alkyl carbamates (subject to hydrolysis) is 1. The second-order valence-corrected chi connectivity index (χ2v) is 12.3. The number of alkyl halides is 6. The maximum Gasteiger partial charge on any atom is 0.428 e. The quantitative estimate of drug-likeness (QED) is 0.279. The van der Waals surface area contributed by atoms with Crippen LogP contribution in [0.2, 0.25) is 0 Å². The zero-order valence-corrected chi connectivity index (χ0v) is 24.2. The number of hydrogen-bond acceptors (Lipinski definition) is 6. The van der Waals surface area contributed by atoms with Crippen LogP contribution in [0.3, 0.4) is 0 Å². The molecule has 0 unspecified atom stereocenters. The Balaban J connectivity index is 1.84. The molecule has 1 saturated heterocycles. The Morgan fingerprint density at radius 1 is 1.05 bits per heavy atom. The second kappa shape index (κ2) is 12.5. The summed E-state index contributed by atoms with van der Waals surface area (Å²) in [6.45, 7) is 2.91. The zero-order chi connectivity index (χ0) is 32.4. The highest BCUT2D eigenvalue weighted by atomic mass is 19.4. The van der Waals surface area contributed by atoms with Crippen LogP contribution in [0, 0.1) is 5.92 Å². The minimum Gasteiger partial charge on any atom is -0.444 e. The summed E-state index contributed by atoms with van der Waals surface area (Å²) in [5.41, 5.74) is -7.92. The van der Waals surface area contributed by atoms with Crippen molar-refractivity contribution in [2.45, 2.75) is 113 Å². The number of carbonyl (C=O) groups is 4. The lowest BCUT2D eigenvalue weighted by molar-refractivity contribution is -0.364. The standard InChI is InChI=1S/C27H38F6N4O6/c1-23(2,3)43-22(41)35-17-11-8-6-4-5-7-10-16-14-24(16,36-19(38)18-12-9-13-37(18)20(17)39)21(40)34-15-25(42,26(28,29)30)27(31,32)33/h7,10,16-18,42H,4-6,8-9,11-15H2,1-3H3,(H,34,40)(H,35,41)(H,36,38)/b10-7-/t16-,17+,18+,24-/m1/s1. The smallest absolute Gasteiger partial charge is 0.428 e. The van der Waals surface area contributed by atoms with Gasteiger partial charge in [-0.2, -0.15) is 26.3 Å². The number of nitrogens with one attached hydrogen (secondary N) is 3. The number of fused-ring (bicyclic) bond motifs is 2. The maximum absolute atomic E-state index is 13.6. The van der Waals surface area contributed by atoms with Crippen LogP contribution in [0.5, 0.6) is 0 Å². The number of carbonyl (C=O) groups excluding carboxylic acids is 4. The Labute approximate surface area is 244 Å². The predicted molar refractivity (Wildman–Crippen MR) is 139 cm³/mol. The third-order valence-corrected chi connectivity index (χ3v) is 7.77. The van der Waals surface area contributed by atoms with Gasteiger partial charge in [0.25, 0.3) is 5.60 Å². The molecule has 0 aromatic heterocycles. The third kappa shape index (κ3) is 7.92. The van der Waals surface area contributed by atoms with Gasteiger partial charge < -0.3 is 30.7 Å². The van der Waals surface area contributed by atoms with E-state index in [1.54, 1.807) is 38.2 Å². The van der Waals surface area contributed by atoms with E-state index in [1.807, 2.05) is 0 Å². The van der Waals surface area contributed by atoms with Crippen LogP contribution >= 0.6 is 0 Å². The Kier molecular flexibility index (Phi) is 10.0. The Morgan fingerprint density at radius 2 is 1.70 bits per heavy atom. The second-order valence-electron chi connectivity index (χ2n) is 12.3. The first-order valence-corrected chi connectivity index (χ1v) is 14.1. The summed E-state index contributed by atoms with van der Waals surface area (Å²) in [5.74, 6) is -3.43. The molecule has 1 saturated carbocycles. The lowest BCUT2D eigenvalue weighted by Gasteiger charge is -2.33. The summed E-state index contributed by atoms with van der Waals surface area (Å²) in [4.78, 5) is 53.8. The first-order valence-electron chi connectivity index (χ1n) is 14.1. The summed E-state index contributed by atoms with van der Waals surface area (Å²) in [5, 5.41) is 16.1. The fourth-order valence-electron chi connectivity index (χ4n) is 5.27. The fraction of sp³-hybridized carbons (Fsp3) is 0.778. The van der Waals surface area contributed by atoms with Gasteiger partial charge in [0.1, 0.15) is 23.2 Å². The monoisotopic (exact) mass is 628 g/mol. The zero-order valence-electron chi connectivity index (χ0n) is 24.2. The number of halogens is 6. The van der Waals surface area contributed by atoms with Gasteiger partial charge in [0.05, 0.1) is 6.54 Å². The average Bonchev–Trinajstić information content (AvgIpc) is 3.32. The van der Waals surface area contributed by atoms with Crippen molar-refractivity contribution in [2.75, 3.05) is 13.1 Å². The van der Waals surface area contributed by atoms with Crippen molar-refractivity contribution in [3.63, 3.8) is 0 Å². The van der Waals surface area contributed by atoms with Gasteiger partial charge in [-0.05, 0) is 59.3 Å². The van der Waals surface area contributed by atoms with Crippen LogP contribution in [0.4, 0.5) is 31.1 Å². The molecule has 4 amide bonds. The van der Waals surface area contributed by atoms with Crippen LogP contribution in [-0.4, -0.2) is 88.1 Å². The minimum absolute atomic E-state index is 0.110. The maximum atomic E-state index is 13.6. The number of aliphatic hydroxyl groups is 1. The summed E-state index contributed by atoms with van der Waals surface area (Å²) in [6.07, 6.45) is -6.71. The van der Waals surface area contributed by atoms with E-state index in [9.17, 15) is 50.6 Å². The molecule has 16 heteroatoms. The topological polar surface area (TPSA) is 137 Å². The third-order valence-electron chi connectivity index (χ3n) is 7.77. The molecule has 2 heterocycles. The molecule has 3 rings (SSSR count). The van der Waals surface area contributed by atoms with Crippen LogP contribution in [0.15, 0.2) is 12.2 Å². The molecular weight excluding hydrogens is 590 g/mol. The van der Waals surface area contributed by atoms with Gasteiger partial charge in [0, 0.05) is 12.5 Å². The largest absolute Gasteiger partial charge is 0.444 e. The molecule has 0 spiro atoms. The van der Waals surface area contributed by atoms with E-state index in [0.29, 0.717) is 32.1 Å². The molecule has 2 aliphatic heterocycles. The van der Waals surface area contributed by atoms with Gasteiger partial charge in [-0.3, -0.25) is 14.4 Å². The van der Waals surface area contributed by atoms with E-state index in [-0.39, 0.29) is 25.8 Å². The van der Waals surface area contributed by atoms with Crippen molar-refractivity contribution in [1.82, 2.24) is 20.9 Å². The molecule has 0 aromatic carbocycles. The molecule has 0 radical (unpaired) electrons. The van der Waals surface area contributed by atoms with Gasteiger partial charge in [-0.25, -0.2) is 4.79 Å². The van der Waals surface area contributed by atoms with E-state index >= 15 is 0 Å². The van der Waals surface area contributed by atoms with Crippen LogP contribution in [0.1, 0.15) is 72.1 Å². The number of allylic oxidation sites excluding steroid dienone is 1. The molecule has 1 aliphatic carbocycles. The van der Waals surface area contributed by atoms with Gasteiger partial charge in [-0.15, -0.1) is 0 Å². The fourth-order valence-corrected chi connectivity index (χ4v) is 5.27. The number of hydrogen-bond donors (Lipinski definition) is 4. The molecule has 3 aliphatic rings. The highest BCUT2D eigenvalue weighted by Crippen LogP contribution is 2.47. The minimum atomic E-state index is -6.14. The van der Waals surface area contributed by atoms with Crippen molar-refractivity contribution >= 4 is 23.8 Å². The lowest BCUT2D eigenvalue weighted by Crippen LogP contribution is -2.65. The van der Waals surface area contributed by atoms with Crippen molar-refractivity contribution < 1.29 is 55.4 Å². The molecule has 0 aromatic rings. The van der Waals surface area contributed by atoms with E-state index < -0.39 is 77.5 Å². The molecule has 10 nitrogen and oxygen atoms in total. The number of rotatable bonds is 4. The number of nitrogens with zero attached hydrogens (tertiary/aromatic N) is 1. The first-order chi connectivity index (χ1) is 19.7. The summed E-state index contributed by atoms with van der Waals surface area (Å²) in [7, 11) is 0. The van der Waals surface area contributed by atoms with Crippen molar-refractivity contribution in [1.29, 1.82) is 0 Å². The predicted octanol–water partition coefficient (Wildman–Crippen LogP) is 3.24. The van der Waals surface area contributed by atoms with Crippen molar-refractivity contribution in [2.24, 2.45) is 5.92 Å². The van der Waals surface area contributed by atoms with Crippen molar-refractivity contribution in [3.05, 3.63) is 12.2 Å². The van der Waals surface area contributed by atoms with E-state index in [0.717, 1.165) is 0 Å². The van der Waals surface area contributed by atoms with Crippen molar-refractivity contribution in [3.8, 4) is 0 Å². The molecule has 244 valence electrons. The van der Waals surface area contributed by atoms with Crippen LogP contribution in [0.25, 0.3) is 0 Å². The normalized spacial score (nSPS) is 28.4.